The monoisotopic (exact) mass is 526 g/mol. The second kappa shape index (κ2) is 21.0. The summed E-state index contributed by atoms with van der Waals surface area (Å²) in [4.78, 5) is 45.8. The summed E-state index contributed by atoms with van der Waals surface area (Å²) in [5, 5.41) is 38.6. The van der Waals surface area contributed by atoms with Gasteiger partial charge in [0.2, 0.25) is 0 Å². The summed E-state index contributed by atoms with van der Waals surface area (Å²) in [6.45, 7) is -2.55. The summed E-state index contributed by atoms with van der Waals surface area (Å²) < 4.78 is 15.4. The predicted molar refractivity (Wildman–Crippen MR) is 122 cm³/mol. The van der Waals surface area contributed by atoms with Crippen molar-refractivity contribution in [3.8, 4) is 0 Å². The molecule has 0 rings (SSSR count). The maximum absolute atomic E-state index is 11.4. The van der Waals surface area contributed by atoms with Gasteiger partial charge in [0.1, 0.15) is 6.54 Å². The van der Waals surface area contributed by atoms with Crippen molar-refractivity contribution in [1.82, 2.24) is 4.90 Å². The molecule has 180 valence electrons. The van der Waals surface area contributed by atoms with E-state index < -0.39 is 63.3 Å². The molecule has 1 unspecified atom stereocenters. The minimum absolute atomic E-state index is 0. The van der Waals surface area contributed by atoms with Crippen LogP contribution in [-0.2, 0) is 32.5 Å². The van der Waals surface area contributed by atoms with Gasteiger partial charge in [-0.25, -0.2) is 4.79 Å². The Kier molecular flexibility index (Phi) is 26.2. The quantitative estimate of drug-likeness (QED) is 0.115. The molecule has 0 saturated heterocycles. The molecule has 0 aliphatic rings. The second-order valence-electron chi connectivity index (χ2n) is 6.77. The average molecular weight is 526 g/mol. The zero-order valence-corrected chi connectivity index (χ0v) is 18.4. The van der Waals surface area contributed by atoms with E-state index >= 15 is 0 Å². The third kappa shape index (κ3) is 17.9. The molecule has 0 spiro atoms. The molecule has 0 fully saturated rings. The molecule has 0 aliphatic heterocycles. The van der Waals surface area contributed by atoms with Gasteiger partial charge in [0, 0.05) is 40.3 Å². The van der Waals surface area contributed by atoms with Gasteiger partial charge >= 0.3 is 115 Å². The molecule has 17 heteroatoms. The van der Waals surface area contributed by atoms with Crippen LogP contribution in [0.25, 0.3) is 0 Å². The van der Waals surface area contributed by atoms with E-state index in [1.807, 2.05) is 0 Å². The van der Waals surface area contributed by atoms with Crippen LogP contribution in [0.15, 0.2) is 0 Å². The fourth-order valence-electron chi connectivity index (χ4n) is 3.18. The van der Waals surface area contributed by atoms with Gasteiger partial charge in [-0.15, -0.1) is 0 Å². The molecule has 1 atom stereocenters. The number of carbonyl (C=O) groups excluding carboxylic acids is 1. The number of hydrogen-bond donors (Lipinski definition) is 3. The molecule has 0 aromatic heterocycles. The number of carboxylic acids is 4. The van der Waals surface area contributed by atoms with Gasteiger partial charge in [-0.1, -0.05) is 0 Å². The Bertz CT molecular complexity index is 572. The van der Waals surface area contributed by atoms with E-state index in [4.69, 9.17) is 23.5 Å². The SMILES string of the molecule is CO[Si](CCC[N+](CCN(CC(=O)O)CC(=O)O)(CC(=O)[O-])CC(=O)O)(OC)OC.[NaH].[NaH].[NaH]. The van der Waals surface area contributed by atoms with Crippen LogP contribution in [0, 0.1) is 0 Å². The van der Waals surface area contributed by atoms with E-state index in [2.05, 4.69) is 0 Å². The summed E-state index contributed by atoms with van der Waals surface area (Å²) >= 11 is 0. The normalized spacial score (nSPS) is 12.5. The molecule has 0 aliphatic carbocycles. The summed E-state index contributed by atoms with van der Waals surface area (Å²) in [5.41, 5.74) is 0. The Morgan fingerprint density at radius 1 is 0.818 bits per heavy atom. The number of quaternary nitrogens is 1. The Morgan fingerprint density at radius 2 is 1.27 bits per heavy atom. The molecule has 13 nitrogen and oxygen atoms in total. The molecule has 0 saturated carbocycles. The van der Waals surface area contributed by atoms with Crippen molar-refractivity contribution >= 4 is 121 Å². The first-order valence-corrected chi connectivity index (χ1v) is 10.9. The van der Waals surface area contributed by atoms with E-state index in [1.54, 1.807) is 0 Å². The van der Waals surface area contributed by atoms with Gasteiger partial charge in [-0.2, -0.15) is 0 Å². The zero-order valence-electron chi connectivity index (χ0n) is 17.4. The number of nitrogens with zero attached hydrogens (tertiary/aromatic N) is 2. The van der Waals surface area contributed by atoms with Crippen LogP contribution in [0.2, 0.25) is 6.04 Å². The van der Waals surface area contributed by atoms with Crippen LogP contribution >= 0.6 is 0 Å². The van der Waals surface area contributed by atoms with Crippen molar-refractivity contribution < 1.29 is 57.4 Å². The van der Waals surface area contributed by atoms with Crippen molar-refractivity contribution in [2.45, 2.75) is 12.5 Å². The first-order valence-electron chi connectivity index (χ1n) is 9.01. The van der Waals surface area contributed by atoms with Crippen LogP contribution in [0.1, 0.15) is 6.42 Å². The number of hydrogen-bond acceptors (Lipinski definition) is 9. The molecule has 0 radical (unpaired) electrons. The van der Waals surface area contributed by atoms with E-state index in [9.17, 15) is 29.4 Å². The first kappa shape index (κ1) is 41.0. The van der Waals surface area contributed by atoms with Crippen LogP contribution in [0.3, 0.4) is 0 Å². The summed E-state index contributed by atoms with van der Waals surface area (Å²) in [6, 6.07) is 0.289. The van der Waals surface area contributed by atoms with Gasteiger partial charge < -0.3 is 43.0 Å². The van der Waals surface area contributed by atoms with Gasteiger partial charge in [-0.05, 0) is 0 Å². The third-order valence-corrected chi connectivity index (χ3v) is 7.42. The summed E-state index contributed by atoms with van der Waals surface area (Å²) in [5.74, 6) is -5.26. The van der Waals surface area contributed by atoms with Gasteiger partial charge in [0.25, 0.3) is 0 Å². The van der Waals surface area contributed by atoms with E-state index in [-0.39, 0.29) is 114 Å². The Labute approximate surface area is 260 Å². The second-order valence-corrected chi connectivity index (χ2v) is 9.86. The van der Waals surface area contributed by atoms with Crippen molar-refractivity contribution in [2.75, 3.05) is 67.1 Å². The summed E-state index contributed by atoms with van der Waals surface area (Å²) in [6.07, 6.45) is 0.292. The van der Waals surface area contributed by atoms with E-state index in [1.165, 1.54) is 21.3 Å². The zero-order chi connectivity index (χ0) is 23.4. The molecule has 0 bridgehead atoms. The number of rotatable bonds is 18. The minimum atomic E-state index is -2.97. The number of carboxylic acid groups (broad SMARTS) is 4. The standard InChI is InChI=1S/C16H30N2O11Si.3Na.3H/c1-27-30(28-2,29-3)8-4-6-18(11-15(23)24,12-16(25)26)7-5-17(9-13(19)20)10-14(21)22;;;;;;/h4-12H2,1-3H3,(H3-,19,20,21,22,23,24,25,26);;;;;;. The van der Waals surface area contributed by atoms with Crippen LogP contribution in [-0.4, -0.2) is 213 Å². The molecule has 0 amide bonds. The fourth-order valence-corrected chi connectivity index (χ4v) is 4.89. The Morgan fingerprint density at radius 3 is 1.61 bits per heavy atom. The first-order chi connectivity index (χ1) is 13.9. The van der Waals surface area contributed by atoms with Crippen LogP contribution in [0.5, 0.6) is 0 Å². The topological polar surface area (TPSA) is 183 Å². The molecule has 0 aromatic rings. The summed E-state index contributed by atoms with van der Waals surface area (Å²) in [7, 11) is 1.26. The maximum atomic E-state index is 11.4. The molecule has 33 heavy (non-hydrogen) atoms. The van der Waals surface area contributed by atoms with E-state index in [0.717, 1.165) is 4.90 Å². The predicted octanol–water partition coefficient (Wildman–Crippen LogP) is -4.57. The molecule has 3 N–H and O–H groups in total. The van der Waals surface area contributed by atoms with Crippen molar-refractivity contribution in [1.29, 1.82) is 0 Å². The van der Waals surface area contributed by atoms with E-state index in [0.29, 0.717) is 6.42 Å². The number of carbonyl (C=O) groups is 4. The number of aliphatic carboxylic acids is 4. The van der Waals surface area contributed by atoms with Gasteiger partial charge in [-0.3, -0.25) is 14.5 Å². The third-order valence-electron chi connectivity index (χ3n) is 4.59. The molecule has 0 heterocycles. The van der Waals surface area contributed by atoms with Crippen molar-refractivity contribution in [3.05, 3.63) is 0 Å². The van der Waals surface area contributed by atoms with Gasteiger partial charge in [0.05, 0.1) is 32.1 Å². The average Bonchev–Trinajstić information content (AvgIpc) is 2.62. The Hall–Kier alpha value is 0.897. The van der Waals surface area contributed by atoms with Crippen LogP contribution < -0.4 is 5.11 Å². The fraction of sp³-hybridized carbons (Fsp3) is 0.750. The van der Waals surface area contributed by atoms with Gasteiger partial charge in [0.15, 0.2) is 6.54 Å². The molecular weight excluding hydrogens is 493 g/mol. The molecular formula is C16H33N2Na3O11Si. The van der Waals surface area contributed by atoms with Crippen molar-refractivity contribution in [2.24, 2.45) is 0 Å². The van der Waals surface area contributed by atoms with Crippen LogP contribution in [0.4, 0.5) is 0 Å². The van der Waals surface area contributed by atoms with Crippen molar-refractivity contribution in [3.63, 3.8) is 0 Å². The molecule has 0 aromatic carbocycles. The Balaban J connectivity index is -0.00000140.